The summed E-state index contributed by atoms with van der Waals surface area (Å²) in [6, 6.07) is 11.6. The van der Waals surface area contributed by atoms with Crippen LogP contribution in [0.25, 0.3) is 21.6 Å². The van der Waals surface area contributed by atoms with Crippen molar-refractivity contribution in [2.75, 3.05) is 11.6 Å². The van der Waals surface area contributed by atoms with Crippen LogP contribution in [-0.2, 0) is 17.1 Å². The maximum atomic E-state index is 12.6. The van der Waals surface area contributed by atoms with Crippen molar-refractivity contribution in [1.82, 2.24) is 14.5 Å². The maximum Gasteiger partial charge on any atom is 0.246 e. The summed E-state index contributed by atoms with van der Waals surface area (Å²) in [4.78, 5) is 22.7. The first-order valence-corrected chi connectivity index (χ1v) is 11.5. The van der Waals surface area contributed by atoms with E-state index in [-0.39, 0.29) is 12.5 Å². The summed E-state index contributed by atoms with van der Waals surface area (Å²) in [5, 5.41) is 5.40. The highest BCUT2D eigenvalue weighted by molar-refractivity contribution is 7.97. The lowest BCUT2D eigenvalue weighted by Gasteiger charge is -2.08. The summed E-state index contributed by atoms with van der Waals surface area (Å²) in [6.07, 6.45) is 2.03. The van der Waals surface area contributed by atoms with Crippen molar-refractivity contribution < 1.29 is 4.79 Å². The highest BCUT2D eigenvalue weighted by atomic mass is 35.5. The Kier molecular flexibility index (Phi) is 5.49. The molecule has 0 saturated heterocycles. The first-order chi connectivity index (χ1) is 13.1. The molecule has 5 nitrogen and oxygen atoms in total. The fourth-order valence-electron chi connectivity index (χ4n) is 2.74. The van der Waals surface area contributed by atoms with Gasteiger partial charge in [0.2, 0.25) is 5.91 Å². The van der Waals surface area contributed by atoms with Crippen LogP contribution in [0.4, 0.5) is 5.13 Å². The van der Waals surface area contributed by atoms with Gasteiger partial charge in [-0.15, -0.1) is 22.7 Å². The van der Waals surface area contributed by atoms with Gasteiger partial charge in [0, 0.05) is 5.38 Å². The Morgan fingerprint density at radius 3 is 2.89 bits per heavy atom. The third kappa shape index (κ3) is 4.03. The number of hydrogen-bond donors (Lipinski definition) is 1. The molecule has 0 fully saturated rings. The largest absolute Gasteiger partial charge is 0.318 e. The molecule has 0 saturated carbocycles. The molecule has 0 unspecified atom stereocenters. The van der Waals surface area contributed by atoms with Crippen LogP contribution in [0.15, 0.2) is 41.8 Å². The van der Waals surface area contributed by atoms with Gasteiger partial charge in [0.05, 0.1) is 31.7 Å². The fraction of sp³-hybridized carbons (Fsp3) is 0.167. The highest BCUT2D eigenvalue weighted by Crippen LogP contribution is 2.32. The second-order valence-corrected chi connectivity index (χ2v) is 9.16. The lowest BCUT2D eigenvalue weighted by molar-refractivity contribution is -0.116. The number of imidazole rings is 1. The van der Waals surface area contributed by atoms with Crippen LogP contribution in [0.3, 0.4) is 0 Å². The van der Waals surface area contributed by atoms with E-state index in [1.165, 1.54) is 22.7 Å². The molecule has 1 N–H and O–H groups in total. The Morgan fingerprint density at radius 1 is 1.26 bits per heavy atom. The first kappa shape index (κ1) is 18.5. The summed E-state index contributed by atoms with van der Waals surface area (Å²) in [5.74, 6) is 1.53. The minimum absolute atomic E-state index is 0.120. The second kappa shape index (κ2) is 8.02. The number of thiazole rings is 1. The standard InChI is InChI=1S/C18H15ClN4OS3/c1-25-10-16-20-11-4-2-3-5-13(11)23(16)8-17(24)22-18-21-12(9-26-18)14-6-7-15(19)27-14/h2-7,9H,8,10H2,1H3,(H,21,22,24). The van der Waals surface area contributed by atoms with E-state index >= 15 is 0 Å². The predicted molar refractivity (Wildman–Crippen MR) is 116 cm³/mol. The number of nitrogens with one attached hydrogen (secondary N) is 1. The van der Waals surface area contributed by atoms with Crippen molar-refractivity contribution >= 4 is 68.1 Å². The van der Waals surface area contributed by atoms with Gasteiger partial charge in [-0.2, -0.15) is 11.8 Å². The van der Waals surface area contributed by atoms with E-state index in [9.17, 15) is 4.79 Å². The van der Waals surface area contributed by atoms with E-state index in [2.05, 4.69) is 15.3 Å². The maximum absolute atomic E-state index is 12.6. The predicted octanol–water partition coefficient (Wildman–Crippen LogP) is 5.38. The zero-order valence-corrected chi connectivity index (χ0v) is 17.5. The van der Waals surface area contributed by atoms with Crippen molar-refractivity contribution in [3.05, 3.63) is 51.9 Å². The smallest absolute Gasteiger partial charge is 0.246 e. The van der Waals surface area contributed by atoms with Crippen LogP contribution in [0.2, 0.25) is 4.34 Å². The summed E-state index contributed by atoms with van der Waals surface area (Å²) in [6.45, 7) is 0.205. The molecule has 3 aromatic heterocycles. The van der Waals surface area contributed by atoms with Crippen LogP contribution >= 0.6 is 46.0 Å². The minimum Gasteiger partial charge on any atom is -0.318 e. The van der Waals surface area contributed by atoms with E-state index in [4.69, 9.17) is 11.6 Å². The number of thiophene rings is 1. The molecule has 3 heterocycles. The summed E-state index contributed by atoms with van der Waals surface area (Å²) < 4.78 is 2.69. The van der Waals surface area contributed by atoms with Crippen molar-refractivity contribution in [1.29, 1.82) is 0 Å². The van der Waals surface area contributed by atoms with E-state index in [1.54, 1.807) is 11.8 Å². The SMILES string of the molecule is CSCc1nc2ccccc2n1CC(=O)Nc1nc(-c2ccc(Cl)s2)cs1. The highest BCUT2D eigenvalue weighted by Gasteiger charge is 2.15. The molecule has 0 aliphatic rings. The van der Waals surface area contributed by atoms with Gasteiger partial charge in [-0.25, -0.2) is 9.97 Å². The third-order valence-corrected chi connectivity index (χ3v) is 6.44. The number of carbonyl (C=O) groups excluding carboxylic acids is 1. The number of carbonyl (C=O) groups is 1. The summed E-state index contributed by atoms with van der Waals surface area (Å²) >= 11 is 10.5. The quantitative estimate of drug-likeness (QED) is 0.442. The Labute approximate surface area is 173 Å². The van der Waals surface area contributed by atoms with E-state index in [1.807, 2.05) is 52.6 Å². The Hall–Kier alpha value is -1.87. The van der Waals surface area contributed by atoms with Crippen molar-refractivity contribution in [3.8, 4) is 10.6 Å². The fourth-order valence-corrected chi connectivity index (χ4v) is 5.02. The van der Waals surface area contributed by atoms with Gasteiger partial charge in [-0.3, -0.25) is 4.79 Å². The number of nitrogens with zero attached hydrogens (tertiary/aromatic N) is 3. The number of rotatable bonds is 6. The summed E-state index contributed by atoms with van der Waals surface area (Å²) in [7, 11) is 0. The van der Waals surface area contributed by atoms with Crippen molar-refractivity contribution in [3.63, 3.8) is 0 Å². The number of para-hydroxylation sites is 2. The average molecular weight is 435 g/mol. The molecule has 4 aromatic rings. The van der Waals surface area contributed by atoms with Gasteiger partial charge < -0.3 is 9.88 Å². The number of hydrogen-bond acceptors (Lipinski definition) is 6. The molecular formula is C18H15ClN4OS3. The number of anilines is 1. The summed E-state index contributed by atoms with van der Waals surface area (Å²) in [5.41, 5.74) is 2.69. The van der Waals surface area contributed by atoms with Gasteiger partial charge in [0.1, 0.15) is 12.4 Å². The van der Waals surface area contributed by atoms with Gasteiger partial charge in [-0.1, -0.05) is 23.7 Å². The topological polar surface area (TPSA) is 59.8 Å². The Bertz CT molecular complexity index is 1100. The molecular weight excluding hydrogens is 420 g/mol. The third-order valence-electron chi connectivity index (χ3n) is 3.88. The Morgan fingerprint density at radius 2 is 2.11 bits per heavy atom. The van der Waals surface area contributed by atoms with Crippen LogP contribution in [0.5, 0.6) is 0 Å². The van der Waals surface area contributed by atoms with Crippen LogP contribution < -0.4 is 5.32 Å². The number of aromatic nitrogens is 3. The van der Waals surface area contributed by atoms with Gasteiger partial charge >= 0.3 is 0 Å². The van der Waals surface area contributed by atoms with Crippen LogP contribution in [0.1, 0.15) is 5.82 Å². The molecule has 0 aliphatic heterocycles. The van der Waals surface area contributed by atoms with Gasteiger partial charge in [-0.05, 0) is 30.5 Å². The second-order valence-electron chi connectivity index (χ2n) is 5.73. The van der Waals surface area contributed by atoms with Gasteiger partial charge in [0.15, 0.2) is 5.13 Å². The van der Waals surface area contributed by atoms with E-state index < -0.39 is 0 Å². The Balaban J connectivity index is 1.52. The number of amides is 1. The molecule has 0 atom stereocenters. The number of benzene rings is 1. The van der Waals surface area contributed by atoms with Crippen molar-refractivity contribution in [2.24, 2.45) is 0 Å². The lowest BCUT2D eigenvalue weighted by Crippen LogP contribution is -2.20. The average Bonchev–Trinajstić information content (AvgIpc) is 3.35. The zero-order valence-electron chi connectivity index (χ0n) is 14.3. The number of fused-ring (bicyclic) bond motifs is 1. The van der Waals surface area contributed by atoms with E-state index in [0.29, 0.717) is 5.13 Å². The molecule has 138 valence electrons. The van der Waals surface area contributed by atoms with Crippen LogP contribution in [-0.4, -0.2) is 26.7 Å². The molecule has 4 rings (SSSR count). The molecule has 0 aliphatic carbocycles. The monoisotopic (exact) mass is 434 g/mol. The van der Waals surface area contributed by atoms with Crippen LogP contribution in [0, 0.1) is 0 Å². The molecule has 1 amide bonds. The van der Waals surface area contributed by atoms with Crippen molar-refractivity contribution in [2.45, 2.75) is 12.3 Å². The number of thioether (sulfide) groups is 1. The molecule has 1 aromatic carbocycles. The molecule has 0 spiro atoms. The molecule has 27 heavy (non-hydrogen) atoms. The number of halogens is 1. The molecule has 9 heteroatoms. The first-order valence-electron chi connectivity index (χ1n) is 8.08. The van der Waals surface area contributed by atoms with Gasteiger partial charge in [0.25, 0.3) is 0 Å². The molecule has 0 radical (unpaired) electrons. The lowest BCUT2D eigenvalue weighted by atomic mass is 10.3. The molecule has 0 bridgehead atoms. The minimum atomic E-state index is -0.120. The zero-order chi connectivity index (χ0) is 18.8. The van der Waals surface area contributed by atoms with E-state index in [0.717, 1.165) is 37.5 Å². The normalized spacial score (nSPS) is 11.2.